The van der Waals surface area contributed by atoms with Crippen molar-refractivity contribution in [2.75, 3.05) is 5.32 Å². The molecule has 0 aliphatic heterocycles. The van der Waals surface area contributed by atoms with Crippen molar-refractivity contribution >= 4 is 17.4 Å². The van der Waals surface area contributed by atoms with E-state index in [9.17, 15) is 14.9 Å². The van der Waals surface area contributed by atoms with Crippen molar-refractivity contribution in [1.29, 1.82) is 5.26 Å². The first kappa shape index (κ1) is 17.7. The third-order valence-electron chi connectivity index (χ3n) is 4.23. The van der Waals surface area contributed by atoms with Gasteiger partial charge in [-0.1, -0.05) is 25.7 Å². The van der Waals surface area contributed by atoms with Gasteiger partial charge in [0.15, 0.2) is 5.78 Å². The van der Waals surface area contributed by atoms with E-state index in [1.807, 2.05) is 6.07 Å². The van der Waals surface area contributed by atoms with E-state index in [-0.39, 0.29) is 11.4 Å². The van der Waals surface area contributed by atoms with Crippen LogP contribution in [-0.4, -0.2) is 17.7 Å². The molecule has 0 bridgehead atoms. The first-order chi connectivity index (χ1) is 11.6. The van der Waals surface area contributed by atoms with Crippen LogP contribution in [0.4, 0.5) is 5.69 Å². The van der Waals surface area contributed by atoms with Crippen LogP contribution in [0.25, 0.3) is 0 Å². The Bertz CT molecular complexity index is 648. The van der Waals surface area contributed by atoms with Crippen LogP contribution in [0.1, 0.15) is 55.8 Å². The predicted molar refractivity (Wildman–Crippen MR) is 93.4 cm³/mol. The number of nitriles is 1. The van der Waals surface area contributed by atoms with Gasteiger partial charge in [-0.05, 0) is 44.0 Å². The second kappa shape index (κ2) is 8.88. The Morgan fingerprint density at radius 1 is 1.12 bits per heavy atom. The number of Topliss-reactive ketones (excluding diaryl/α,β-unsaturated/α-hetero) is 1. The summed E-state index contributed by atoms with van der Waals surface area (Å²) in [4.78, 5) is 23.4. The molecule has 1 saturated carbocycles. The molecular formula is C19H23N3O2. The first-order valence-electron chi connectivity index (χ1n) is 8.39. The van der Waals surface area contributed by atoms with Gasteiger partial charge in [-0.25, -0.2) is 0 Å². The summed E-state index contributed by atoms with van der Waals surface area (Å²) in [6, 6.07) is 8.88. The number of nitrogens with one attached hydrogen (secondary N) is 2. The van der Waals surface area contributed by atoms with Crippen LogP contribution >= 0.6 is 0 Å². The van der Waals surface area contributed by atoms with E-state index in [0.29, 0.717) is 17.3 Å². The largest absolute Gasteiger partial charge is 0.387 e. The summed E-state index contributed by atoms with van der Waals surface area (Å²) >= 11 is 0. The van der Waals surface area contributed by atoms with Crippen molar-refractivity contribution in [1.82, 2.24) is 5.32 Å². The molecule has 5 nitrogen and oxygen atoms in total. The van der Waals surface area contributed by atoms with Crippen LogP contribution in [0.15, 0.2) is 36.0 Å². The molecule has 1 fully saturated rings. The average molecular weight is 325 g/mol. The van der Waals surface area contributed by atoms with Gasteiger partial charge in [-0.3, -0.25) is 9.59 Å². The van der Waals surface area contributed by atoms with E-state index >= 15 is 0 Å². The number of amides is 1. The molecule has 0 heterocycles. The lowest BCUT2D eigenvalue weighted by Crippen LogP contribution is -2.25. The number of benzene rings is 1. The maximum Gasteiger partial charge on any atom is 0.267 e. The van der Waals surface area contributed by atoms with E-state index in [2.05, 4.69) is 10.6 Å². The average Bonchev–Trinajstić information content (AvgIpc) is 2.84. The summed E-state index contributed by atoms with van der Waals surface area (Å²) in [7, 11) is 0. The molecule has 0 spiro atoms. The van der Waals surface area contributed by atoms with Gasteiger partial charge in [0.1, 0.15) is 11.6 Å². The number of hydrogen-bond donors (Lipinski definition) is 2. The highest BCUT2D eigenvalue weighted by Gasteiger charge is 2.13. The Kier molecular flexibility index (Phi) is 6.56. The summed E-state index contributed by atoms with van der Waals surface area (Å²) in [5, 5.41) is 15.1. The minimum absolute atomic E-state index is 0.0295. The number of rotatable bonds is 5. The molecule has 0 aromatic heterocycles. The molecule has 2 rings (SSSR count). The molecule has 1 aliphatic carbocycles. The zero-order chi connectivity index (χ0) is 17.4. The second-order valence-corrected chi connectivity index (χ2v) is 6.11. The van der Waals surface area contributed by atoms with Crippen molar-refractivity contribution in [3.63, 3.8) is 0 Å². The quantitative estimate of drug-likeness (QED) is 0.375. The van der Waals surface area contributed by atoms with Crippen LogP contribution in [0, 0.1) is 11.3 Å². The summed E-state index contributed by atoms with van der Waals surface area (Å²) in [6.45, 7) is 1.49. The normalized spacial score (nSPS) is 15.9. The molecule has 1 aliphatic rings. The maximum atomic E-state index is 12.2. The summed E-state index contributed by atoms with van der Waals surface area (Å²) in [5.74, 6) is -0.479. The minimum Gasteiger partial charge on any atom is -0.387 e. The van der Waals surface area contributed by atoms with Crippen molar-refractivity contribution in [3.05, 3.63) is 41.6 Å². The van der Waals surface area contributed by atoms with Crippen molar-refractivity contribution in [2.45, 2.75) is 51.5 Å². The highest BCUT2D eigenvalue weighted by molar-refractivity contribution is 6.06. The monoisotopic (exact) mass is 325 g/mol. The third-order valence-corrected chi connectivity index (χ3v) is 4.23. The maximum absolute atomic E-state index is 12.2. The molecule has 1 amide bonds. The number of carbonyl (C=O) groups is 2. The van der Waals surface area contributed by atoms with Crippen LogP contribution in [0.2, 0.25) is 0 Å². The smallest absolute Gasteiger partial charge is 0.267 e. The van der Waals surface area contributed by atoms with Gasteiger partial charge in [0.25, 0.3) is 5.91 Å². The molecule has 0 unspecified atom stereocenters. The lowest BCUT2D eigenvalue weighted by atomic mass is 10.1. The molecule has 1 aromatic carbocycles. The van der Waals surface area contributed by atoms with Gasteiger partial charge in [0.2, 0.25) is 0 Å². The van der Waals surface area contributed by atoms with Crippen LogP contribution < -0.4 is 10.6 Å². The van der Waals surface area contributed by atoms with Gasteiger partial charge in [-0.2, -0.15) is 5.26 Å². The Morgan fingerprint density at radius 2 is 1.75 bits per heavy atom. The zero-order valence-electron chi connectivity index (χ0n) is 14.0. The fraction of sp³-hybridized carbons (Fsp3) is 0.421. The Hall–Kier alpha value is -2.61. The summed E-state index contributed by atoms with van der Waals surface area (Å²) in [5.41, 5.74) is 1.19. The Labute approximate surface area is 142 Å². The van der Waals surface area contributed by atoms with E-state index in [1.165, 1.54) is 38.8 Å². The lowest BCUT2D eigenvalue weighted by molar-refractivity contribution is -0.112. The van der Waals surface area contributed by atoms with E-state index < -0.39 is 5.91 Å². The van der Waals surface area contributed by atoms with Crippen LogP contribution in [0.5, 0.6) is 0 Å². The minimum atomic E-state index is -0.450. The summed E-state index contributed by atoms with van der Waals surface area (Å²) in [6.07, 6.45) is 8.54. The number of nitrogens with zero attached hydrogens (tertiary/aromatic N) is 1. The van der Waals surface area contributed by atoms with Crippen molar-refractivity contribution in [3.8, 4) is 6.07 Å². The second-order valence-electron chi connectivity index (χ2n) is 6.11. The van der Waals surface area contributed by atoms with Crippen LogP contribution in [-0.2, 0) is 4.79 Å². The number of hydrogen-bond acceptors (Lipinski definition) is 4. The van der Waals surface area contributed by atoms with E-state index in [1.54, 1.807) is 24.3 Å². The highest BCUT2D eigenvalue weighted by atomic mass is 16.1. The molecular weight excluding hydrogens is 302 g/mol. The molecule has 5 heteroatoms. The fourth-order valence-corrected chi connectivity index (χ4v) is 2.78. The first-order valence-corrected chi connectivity index (χ1v) is 8.39. The molecule has 24 heavy (non-hydrogen) atoms. The van der Waals surface area contributed by atoms with Gasteiger partial charge in [0.05, 0.1) is 0 Å². The molecule has 0 radical (unpaired) electrons. The highest BCUT2D eigenvalue weighted by Crippen LogP contribution is 2.17. The molecule has 1 aromatic rings. The third kappa shape index (κ3) is 5.24. The van der Waals surface area contributed by atoms with Gasteiger partial charge < -0.3 is 10.6 Å². The van der Waals surface area contributed by atoms with Crippen molar-refractivity contribution in [2.24, 2.45) is 0 Å². The number of ketones is 1. The summed E-state index contributed by atoms with van der Waals surface area (Å²) < 4.78 is 0. The number of carbonyl (C=O) groups excluding carboxylic acids is 2. The molecule has 0 saturated heterocycles. The topological polar surface area (TPSA) is 82.0 Å². The van der Waals surface area contributed by atoms with Gasteiger partial charge in [0, 0.05) is 23.5 Å². The molecule has 2 N–H and O–H groups in total. The lowest BCUT2D eigenvalue weighted by Gasteiger charge is -2.14. The zero-order valence-corrected chi connectivity index (χ0v) is 14.0. The Morgan fingerprint density at radius 3 is 2.29 bits per heavy atom. The van der Waals surface area contributed by atoms with Gasteiger partial charge >= 0.3 is 0 Å². The van der Waals surface area contributed by atoms with Crippen molar-refractivity contribution < 1.29 is 9.59 Å². The predicted octanol–water partition coefficient (Wildman–Crippen LogP) is 3.55. The molecule has 0 atom stereocenters. The molecule has 126 valence electrons. The number of anilines is 1. The SMILES string of the molecule is CC(=O)c1ccc(NC(=O)/C(C#N)=C\NC2CCCCCC2)cc1. The van der Waals surface area contributed by atoms with E-state index in [0.717, 1.165) is 12.8 Å². The standard InChI is InChI=1S/C19H23N3O2/c1-14(23)15-8-10-18(11-9-15)22-19(24)16(12-20)13-21-17-6-4-2-3-5-7-17/h8-11,13,17,21H,2-7H2,1H3,(H,22,24)/b16-13-. The van der Waals surface area contributed by atoms with Gasteiger partial charge in [-0.15, -0.1) is 0 Å². The fourth-order valence-electron chi connectivity index (χ4n) is 2.78. The van der Waals surface area contributed by atoms with Crippen LogP contribution in [0.3, 0.4) is 0 Å². The Balaban J connectivity index is 1.96. The van der Waals surface area contributed by atoms with E-state index in [4.69, 9.17) is 0 Å².